The molecule has 0 atom stereocenters. The van der Waals surface area contributed by atoms with Crippen molar-refractivity contribution in [2.24, 2.45) is 0 Å². The highest BCUT2D eigenvalue weighted by Crippen LogP contribution is 2.23. The number of amides is 2. The third kappa shape index (κ3) is 4.32. The molecule has 29 heavy (non-hydrogen) atoms. The van der Waals surface area contributed by atoms with Crippen LogP contribution in [0.3, 0.4) is 0 Å². The van der Waals surface area contributed by atoms with Gasteiger partial charge in [0.25, 0.3) is 11.8 Å². The summed E-state index contributed by atoms with van der Waals surface area (Å²) in [7, 11) is 0. The zero-order chi connectivity index (χ0) is 20.2. The van der Waals surface area contributed by atoms with E-state index >= 15 is 0 Å². The molecule has 2 amide bonds. The first-order valence-corrected chi connectivity index (χ1v) is 10.1. The van der Waals surface area contributed by atoms with E-state index in [0.717, 1.165) is 14.3 Å². The van der Waals surface area contributed by atoms with E-state index in [9.17, 15) is 9.59 Å². The first-order valence-electron chi connectivity index (χ1n) is 9.01. The minimum Gasteiger partial charge on any atom is -0.467 e. The van der Waals surface area contributed by atoms with Gasteiger partial charge in [0.05, 0.1) is 24.1 Å². The van der Waals surface area contributed by atoms with Crippen LogP contribution in [-0.2, 0) is 6.54 Å². The Bertz CT molecular complexity index is 1180. The van der Waals surface area contributed by atoms with Gasteiger partial charge in [-0.3, -0.25) is 9.59 Å². The van der Waals surface area contributed by atoms with Gasteiger partial charge in [0, 0.05) is 9.13 Å². The fraction of sp³-hybridized carbons (Fsp3) is 0.0435. The molecule has 6 heteroatoms. The highest BCUT2D eigenvalue weighted by atomic mass is 127. The number of hydrogen-bond donors (Lipinski definition) is 2. The topological polar surface area (TPSA) is 71.3 Å². The molecule has 0 unspecified atom stereocenters. The number of fused-ring (bicyclic) bond motifs is 1. The molecule has 2 N–H and O–H groups in total. The molecular formula is C23H17IN2O3. The lowest BCUT2D eigenvalue weighted by atomic mass is 10.0. The van der Waals surface area contributed by atoms with Crippen LogP contribution in [0.15, 0.2) is 83.5 Å². The molecule has 1 heterocycles. The molecule has 0 bridgehead atoms. The minimum atomic E-state index is -0.284. The summed E-state index contributed by atoms with van der Waals surface area (Å²) >= 11 is 2.14. The molecule has 5 nitrogen and oxygen atoms in total. The average molecular weight is 496 g/mol. The lowest BCUT2D eigenvalue weighted by molar-refractivity contribution is 0.0949. The van der Waals surface area contributed by atoms with E-state index < -0.39 is 0 Å². The van der Waals surface area contributed by atoms with Gasteiger partial charge in [-0.05, 0) is 69.8 Å². The van der Waals surface area contributed by atoms with Gasteiger partial charge in [-0.15, -0.1) is 0 Å². The highest BCUT2D eigenvalue weighted by Gasteiger charge is 2.16. The highest BCUT2D eigenvalue weighted by molar-refractivity contribution is 14.1. The zero-order valence-corrected chi connectivity index (χ0v) is 17.5. The molecule has 4 rings (SSSR count). The van der Waals surface area contributed by atoms with Crippen LogP contribution in [0.4, 0.5) is 5.69 Å². The number of carbonyl (C=O) groups is 2. The predicted molar refractivity (Wildman–Crippen MR) is 121 cm³/mol. The molecule has 0 saturated carbocycles. The molecule has 1 aromatic heterocycles. The van der Waals surface area contributed by atoms with Crippen molar-refractivity contribution in [1.29, 1.82) is 0 Å². The fourth-order valence-electron chi connectivity index (χ4n) is 3.10. The lowest BCUT2D eigenvalue weighted by Crippen LogP contribution is -2.25. The number of nitrogens with one attached hydrogen (secondary N) is 2. The van der Waals surface area contributed by atoms with Crippen molar-refractivity contribution in [2.45, 2.75) is 6.54 Å². The van der Waals surface area contributed by atoms with Crippen LogP contribution in [0.5, 0.6) is 0 Å². The van der Waals surface area contributed by atoms with E-state index in [1.54, 1.807) is 36.6 Å². The quantitative estimate of drug-likeness (QED) is 0.373. The molecule has 0 aliphatic rings. The third-order valence-electron chi connectivity index (χ3n) is 4.51. The Kier molecular flexibility index (Phi) is 5.62. The third-order valence-corrected chi connectivity index (χ3v) is 5.18. The van der Waals surface area contributed by atoms with Gasteiger partial charge in [0.1, 0.15) is 5.76 Å². The maximum absolute atomic E-state index is 13.0. The molecule has 0 saturated heterocycles. The molecule has 3 aromatic carbocycles. The normalized spacial score (nSPS) is 10.7. The monoisotopic (exact) mass is 496 g/mol. The molecule has 0 spiro atoms. The Labute approximate surface area is 181 Å². The number of hydrogen-bond acceptors (Lipinski definition) is 3. The standard InChI is InChI=1S/C23H17IN2O3/c24-16-10-11-21(20(13-16)22(27)25-14-17-7-4-12-29-17)26-23(28)19-9-3-6-15-5-1-2-8-18(15)19/h1-13H,14H2,(H,25,27)(H,26,28). The lowest BCUT2D eigenvalue weighted by Gasteiger charge is -2.13. The second-order valence-corrected chi connectivity index (χ2v) is 7.68. The number of rotatable bonds is 5. The van der Waals surface area contributed by atoms with Crippen LogP contribution in [0.1, 0.15) is 26.5 Å². The maximum Gasteiger partial charge on any atom is 0.256 e. The Hall–Kier alpha value is -3.13. The van der Waals surface area contributed by atoms with Gasteiger partial charge in [-0.1, -0.05) is 36.4 Å². The molecule has 0 fully saturated rings. The van der Waals surface area contributed by atoms with Crippen LogP contribution in [0.2, 0.25) is 0 Å². The summed E-state index contributed by atoms with van der Waals surface area (Å²) in [4.78, 5) is 25.7. The summed E-state index contributed by atoms with van der Waals surface area (Å²) in [6, 6.07) is 22.2. The van der Waals surface area contributed by atoms with Gasteiger partial charge in [-0.25, -0.2) is 0 Å². The second-order valence-electron chi connectivity index (χ2n) is 6.43. The summed E-state index contributed by atoms with van der Waals surface area (Å²) in [5, 5.41) is 7.57. The Morgan fingerprint density at radius 3 is 2.52 bits per heavy atom. The summed E-state index contributed by atoms with van der Waals surface area (Å²) in [5.41, 5.74) is 1.42. The summed E-state index contributed by atoms with van der Waals surface area (Å²) in [6.45, 7) is 0.272. The minimum absolute atomic E-state index is 0.261. The maximum atomic E-state index is 13.0. The van der Waals surface area contributed by atoms with Gasteiger partial charge in [0.15, 0.2) is 0 Å². The van der Waals surface area contributed by atoms with Crippen molar-refractivity contribution in [2.75, 3.05) is 5.32 Å². The Morgan fingerprint density at radius 2 is 1.69 bits per heavy atom. The summed E-state index contributed by atoms with van der Waals surface area (Å²) in [5.74, 6) is 0.113. The van der Waals surface area contributed by atoms with Crippen LogP contribution in [0, 0.1) is 3.57 Å². The van der Waals surface area contributed by atoms with Crippen molar-refractivity contribution in [3.63, 3.8) is 0 Å². The van der Waals surface area contributed by atoms with Crippen LogP contribution >= 0.6 is 22.6 Å². The SMILES string of the molecule is O=C(NCc1ccco1)c1cc(I)ccc1NC(=O)c1cccc2ccccc12. The molecule has 0 aliphatic carbocycles. The van der Waals surface area contributed by atoms with Crippen molar-refractivity contribution < 1.29 is 14.0 Å². The number of carbonyl (C=O) groups excluding carboxylic acids is 2. The van der Waals surface area contributed by atoms with E-state index in [-0.39, 0.29) is 18.4 Å². The fourth-order valence-corrected chi connectivity index (χ4v) is 3.59. The van der Waals surface area contributed by atoms with E-state index in [1.165, 1.54) is 0 Å². The predicted octanol–water partition coefficient (Wildman–Crippen LogP) is 5.22. The Morgan fingerprint density at radius 1 is 0.862 bits per heavy atom. The van der Waals surface area contributed by atoms with Crippen LogP contribution < -0.4 is 10.6 Å². The number of anilines is 1. The van der Waals surface area contributed by atoms with E-state index in [2.05, 4.69) is 33.2 Å². The van der Waals surface area contributed by atoms with Crippen molar-refractivity contribution in [1.82, 2.24) is 5.32 Å². The molecule has 0 aliphatic heterocycles. The average Bonchev–Trinajstić information content (AvgIpc) is 3.26. The smallest absolute Gasteiger partial charge is 0.256 e. The zero-order valence-electron chi connectivity index (χ0n) is 15.3. The largest absolute Gasteiger partial charge is 0.467 e. The van der Waals surface area contributed by atoms with Crippen molar-refractivity contribution >= 4 is 50.9 Å². The number of furan rings is 1. The van der Waals surface area contributed by atoms with Crippen LogP contribution in [0.25, 0.3) is 10.8 Å². The summed E-state index contributed by atoms with van der Waals surface area (Å²) in [6.07, 6.45) is 1.56. The van der Waals surface area contributed by atoms with Crippen LogP contribution in [-0.4, -0.2) is 11.8 Å². The van der Waals surface area contributed by atoms with Gasteiger partial charge >= 0.3 is 0 Å². The van der Waals surface area contributed by atoms with E-state index in [1.807, 2.05) is 42.5 Å². The second kappa shape index (κ2) is 8.48. The first-order chi connectivity index (χ1) is 14.1. The van der Waals surface area contributed by atoms with Gasteiger partial charge < -0.3 is 15.1 Å². The van der Waals surface area contributed by atoms with Crippen molar-refractivity contribution in [3.8, 4) is 0 Å². The molecular weight excluding hydrogens is 479 g/mol. The first kappa shape index (κ1) is 19.2. The number of benzene rings is 3. The van der Waals surface area contributed by atoms with E-state index in [0.29, 0.717) is 22.6 Å². The van der Waals surface area contributed by atoms with Gasteiger partial charge in [0.2, 0.25) is 0 Å². The number of halogens is 1. The molecule has 0 radical (unpaired) electrons. The summed E-state index contributed by atoms with van der Waals surface area (Å²) < 4.78 is 6.15. The Balaban J connectivity index is 1.59. The van der Waals surface area contributed by atoms with E-state index in [4.69, 9.17) is 4.42 Å². The molecule has 4 aromatic rings. The van der Waals surface area contributed by atoms with Gasteiger partial charge in [-0.2, -0.15) is 0 Å². The molecule has 144 valence electrons. The van der Waals surface area contributed by atoms with Crippen molar-refractivity contribution in [3.05, 3.63) is 99.5 Å².